The minimum Gasteiger partial charge on any atom is -0.310 e. The first kappa shape index (κ1) is 34.2. The molecule has 0 aromatic heterocycles. The van der Waals surface area contributed by atoms with Crippen LogP contribution in [0.25, 0.3) is 0 Å². The lowest BCUT2D eigenvalue weighted by Crippen LogP contribution is -2.65. The van der Waals surface area contributed by atoms with Crippen molar-refractivity contribution in [2.75, 3.05) is 13.1 Å². The second kappa shape index (κ2) is 12.0. The van der Waals surface area contributed by atoms with E-state index >= 15 is 0 Å². The molecule has 0 spiro atoms. The summed E-state index contributed by atoms with van der Waals surface area (Å²) in [7, 11) is 0.724. The van der Waals surface area contributed by atoms with Gasteiger partial charge in [-0.15, -0.1) is 9.24 Å². The summed E-state index contributed by atoms with van der Waals surface area (Å²) in [4.78, 5) is 0. The fourth-order valence-electron chi connectivity index (χ4n) is 15.2. The van der Waals surface area contributed by atoms with Gasteiger partial charge in [-0.1, -0.05) is 69.7 Å². The smallest absolute Gasteiger partial charge is 0.0774 e. The molecule has 3 unspecified atom stereocenters. The molecule has 48 heavy (non-hydrogen) atoms. The standard InChI is InChI=1S/C42H70N2P2Si2/c1-47(2,3)36-19-34(27-46(38-9-7-11-43-38)39-10-8-12-44-39)35(20-37(36)48(4,5)6)42(45,40-21-28-13-29(22-40)15-30(14-28)23-40)41-24-31-16-32(25-41)18-33(17-31)26-41/h19-20,28-33,38-39,43-44H,7-18,21-27,45H2,1-6H3. The van der Waals surface area contributed by atoms with Gasteiger partial charge in [-0.25, -0.2) is 0 Å². The summed E-state index contributed by atoms with van der Waals surface area (Å²) in [5.74, 6) is 7.54. The van der Waals surface area contributed by atoms with Crippen LogP contribution in [0.1, 0.15) is 114 Å². The van der Waals surface area contributed by atoms with Gasteiger partial charge in [0.05, 0.1) is 16.1 Å². The number of hydrogen-bond donors (Lipinski definition) is 2. The Labute approximate surface area is 300 Å². The van der Waals surface area contributed by atoms with E-state index in [1.54, 1.807) is 77.0 Å². The Kier molecular flexibility index (Phi) is 8.53. The fraction of sp³-hybridized carbons (Fsp3) is 0.857. The molecule has 10 fully saturated rings. The van der Waals surface area contributed by atoms with Crippen molar-refractivity contribution >= 4 is 43.7 Å². The van der Waals surface area contributed by atoms with Crippen molar-refractivity contribution in [2.24, 2.45) is 46.3 Å². The van der Waals surface area contributed by atoms with Gasteiger partial charge in [0.1, 0.15) is 0 Å². The highest BCUT2D eigenvalue weighted by molar-refractivity contribution is 7.58. The highest BCUT2D eigenvalue weighted by Gasteiger charge is 2.69. The van der Waals surface area contributed by atoms with E-state index in [4.69, 9.17) is 0 Å². The minimum absolute atomic E-state index is 0.160. The SMILES string of the molecule is C[Si](C)(C)c1cc(CP(C2CCCN2)C2CCCN2)c(C(P)(C23CC4CC(CC(C4)C2)C3)C23CC4CC(CC(C4)C2)C3)cc1[Si](C)(C)C. The number of hydrogen-bond acceptors (Lipinski definition) is 2. The third-order valence-electron chi connectivity index (χ3n) is 16.3. The maximum Gasteiger partial charge on any atom is 0.0774 e. The predicted octanol–water partition coefficient (Wildman–Crippen LogP) is 9.68. The van der Waals surface area contributed by atoms with Gasteiger partial charge in [0.15, 0.2) is 0 Å². The first-order valence-electron chi connectivity index (χ1n) is 21.0. The van der Waals surface area contributed by atoms with Crippen molar-refractivity contribution in [3.05, 3.63) is 23.3 Å². The second-order valence-corrected chi connectivity index (χ2v) is 35.2. The lowest BCUT2D eigenvalue weighted by atomic mass is 9.37. The zero-order chi connectivity index (χ0) is 33.3. The Morgan fingerprint density at radius 2 is 1.02 bits per heavy atom. The Morgan fingerprint density at radius 3 is 1.35 bits per heavy atom. The molecule has 8 aliphatic carbocycles. The van der Waals surface area contributed by atoms with Crippen molar-refractivity contribution in [1.29, 1.82) is 0 Å². The minimum atomic E-state index is -1.58. The van der Waals surface area contributed by atoms with Gasteiger partial charge >= 0.3 is 0 Å². The quantitative estimate of drug-likeness (QED) is 0.196. The predicted molar refractivity (Wildman–Crippen MR) is 218 cm³/mol. The second-order valence-electron chi connectivity index (χ2n) is 21.7. The monoisotopic (exact) mass is 720 g/mol. The van der Waals surface area contributed by atoms with E-state index in [2.05, 4.69) is 71.3 Å². The van der Waals surface area contributed by atoms with E-state index in [0.29, 0.717) is 10.8 Å². The molecule has 6 heteroatoms. The summed E-state index contributed by atoms with van der Waals surface area (Å²) < 4.78 is 0. The van der Waals surface area contributed by atoms with Crippen LogP contribution in [0.5, 0.6) is 0 Å². The molecule has 0 amide bonds. The maximum atomic E-state index is 4.11. The third-order valence-corrected chi connectivity index (χ3v) is 25.3. The molecule has 2 saturated heterocycles. The van der Waals surface area contributed by atoms with Crippen LogP contribution in [0.3, 0.4) is 0 Å². The molecule has 1 aromatic rings. The molecule has 0 radical (unpaired) electrons. The number of benzene rings is 1. The van der Waals surface area contributed by atoms with E-state index in [0.717, 1.165) is 47.1 Å². The topological polar surface area (TPSA) is 24.1 Å². The van der Waals surface area contributed by atoms with Crippen LogP contribution in [-0.2, 0) is 11.3 Å². The van der Waals surface area contributed by atoms with Crippen molar-refractivity contribution in [1.82, 2.24) is 10.6 Å². The summed E-state index contributed by atoms with van der Waals surface area (Å²) in [5, 5.41) is 12.2. The van der Waals surface area contributed by atoms with Gasteiger partial charge in [-0.05, 0) is 179 Å². The van der Waals surface area contributed by atoms with E-state index < -0.39 is 16.1 Å². The Hall–Kier alpha value is 0.434. The summed E-state index contributed by atoms with van der Waals surface area (Å²) in [6, 6.07) is 6.03. The molecule has 1 aromatic carbocycles. The van der Waals surface area contributed by atoms with E-state index in [-0.39, 0.29) is 13.1 Å². The molecule has 2 nitrogen and oxygen atoms in total. The van der Waals surface area contributed by atoms with Crippen LogP contribution in [-0.4, -0.2) is 40.8 Å². The van der Waals surface area contributed by atoms with Crippen molar-refractivity contribution in [2.45, 2.75) is 165 Å². The van der Waals surface area contributed by atoms with E-state index in [1.165, 1.54) is 44.9 Å². The molecular formula is C42H70N2P2Si2. The molecule has 11 rings (SSSR count). The van der Waals surface area contributed by atoms with Crippen LogP contribution in [0.2, 0.25) is 39.3 Å². The lowest BCUT2D eigenvalue weighted by Gasteiger charge is -2.72. The number of rotatable bonds is 9. The van der Waals surface area contributed by atoms with Gasteiger partial charge in [0.25, 0.3) is 0 Å². The van der Waals surface area contributed by atoms with Crippen molar-refractivity contribution in [3.8, 4) is 0 Å². The van der Waals surface area contributed by atoms with Crippen LogP contribution in [0.15, 0.2) is 12.1 Å². The first-order chi connectivity index (χ1) is 22.8. The van der Waals surface area contributed by atoms with Gasteiger partial charge in [0.2, 0.25) is 0 Å². The normalized spacial score (nSPS) is 43.6. The lowest BCUT2D eigenvalue weighted by molar-refractivity contribution is -0.158. The third kappa shape index (κ3) is 5.47. The summed E-state index contributed by atoms with van der Waals surface area (Å²) in [6.45, 7) is 18.6. The highest BCUT2D eigenvalue weighted by atomic mass is 31.1. The molecule has 2 heterocycles. The molecule has 3 atom stereocenters. The van der Waals surface area contributed by atoms with Gasteiger partial charge in [0, 0.05) is 16.7 Å². The average Bonchev–Trinajstić information content (AvgIpc) is 3.72. The Bertz CT molecular complexity index is 1270. The molecule has 266 valence electrons. The van der Waals surface area contributed by atoms with Crippen molar-refractivity contribution in [3.63, 3.8) is 0 Å². The highest BCUT2D eigenvalue weighted by Crippen LogP contribution is 2.78. The zero-order valence-corrected chi connectivity index (χ0v) is 35.8. The average molecular weight is 721 g/mol. The molecule has 8 bridgehead atoms. The molecule has 8 saturated carbocycles. The molecular weight excluding hydrogens is 651 g/mol. The molecule has 2 N–H and O–H groups in total. The van der Waals surface area contributed by atoms with Crippen LogP contribution >= 0.6 is 17.2 Å². The van der Waals surface area contributed by atoms with Gasteiger partial charge in [-0.2, -0.15) is 0 Å². The summed E-state index contributed by atoms with van der Waals surface area (Å²) in [5.41, 5.74) is 4.78. The van der Waals surface area contributed by atoms with Crippen LogP contribution in [0, 0.1) is 46.3 Å². The van der Waals surface area contributed by atoms with E-state index in [1.807, 2.05) is 21.5 Å². The number of nitrogens with one attached hydrogen (secondary N) is 2. The summed E-state index contributed by atoms with van der Waals surface area (Å²) in [6.07, 6.45) is 25.6. The Morgan fingerprint density at radius 1 is 0.646 bits per heavy atom. The first-order valence-corrected chi connectivity index (χ1v) is 30.2. The maximum absolute atomic E-state index is 4.11. The molecule has 10 aliphatic rings. The summed E-state index contributed by atoms with van der Waals surface area (Å²) >= 11 is 0. The zero-order valence-electron chi connectivity index (χ0n) is 31.7. The molecule has 2 aliphatic heterocycles. The van der Waals surface area contributed by atoms with Crippen LogP contribution in [0.4, 0.5) is 0 Å². The van der Waals surface area contributed by atoms with Gasteiger partial charge in [-0.3, -0.25) is 0 Å². The Balaban J connectivity index is 1.28. The fourth-order valence-corrected chi connectivity index (χ4v) is 24.7. The largest absolute Gasteiger partial charge is 0.310 e. The van der Waals surface area contributed by atoms with Crippen LogP contribution < -0.4 is 21.0 Å². The van der Waals surface area contributed by atoms with Crippen molar-refractivity contribution < 1.29 is 0 Å². The van der Waals surface area contributed by atoms with E-state index in [9.17, 15) is 0 Å². The van der Waals surface area contributed by atoms with Gasteiger partial charge < -0.3 is 10.6 Å².